The average molecular weight is 356 g/mol. The molecule has 2 atom stereocenters. The molecule has 1 aromatic carbocycles. The van der Waals surface area contributed by atoms with E-state index < -0.39 is 11.9 Å². The zero-order valence-corrected chi connectivity index (χ0v) is 14.5. The molecule has 132 valence electrons. The third kappa shape index (κ3) is 3.72. The lowest BCUT2D eigenvalue weighted by Crippen LogP contribution is -2.59. The van der Waals surface area contributed by atoms with Crippen molar-refractivity contribution in [3.63, 3.8) is 0 Å². The van der Waals surface area contributed by atoms with Crippen molar-refractivity contribution in [2.24, 2.45) is 0 Å². The van der Waals surface area contributed by atoms with Gasteiger partial charge in [-0.05, 0) is 31.7 Å². The number of carbonyl (C=O) groups is 1. The highest BCUT2D eigenvalue weighted by Crippen LogP contribution is 2.23. The van der Waals surface area contributed by atoms with Crippen LogP contribution in [0.4, 0.5) is 4.39 Å². The van der Waals surface area contributed by atoms with Crippen molar-refractivity contribution >= 4 is 17.5 Å². The first kappa shape index (κ1) is 17.6. The first-order chi connectivity index (χ1) is 11.5. The molecule has 24 heavy (non-hydrogen) atoms. The minimum Gasteiger partial charge on any atom is -0.390 e. The number of hydrogen-bond acceptors (Lipinski definition) is 4. The van der Waals surface area contributed by atoms with Crippen molar-refractivity contribution < 1.29 is 14.3 Å². The molecule has 0 spiro atoms. The fraction of sp³-hybridized carbons (Fsp3) is 0.588. The first-order valence-corrected chi connectivity index (χ1v) is 8.68. The number of likely N-dealkylation sites (tertiary alicyclic amines) is 1. The molecule has 0 aromatic heterocycles. The molecule has 3 rings (SSSR count). The zero-order chi connectivity index (χ0) is 17.3. The second-order valence-corrected chi connectivity index (χ2v) is 7.05. The summed E-state index contributed by atoms with van der Waals surface area (Å²) in [6, 6.07) is 3.86. The Morgan fingerprint density at radius 2 is 1.96 bits per heavy atom. The Labute approximate surface area is 146 Å². The molecule has 0 saturated carbocycles. The second kappa shape index (κ2) is 7.35. The number of aliphatic hydroxyl groups excluding tert-OH is 1. The van der Waals surface area contributed by atoms with Gasteiger partial charge >= 0.3 is 0 Å². The van der Waals surface area contributed by atoms with Crippen LogP contribution >= 0.6 is 11.6 Å². The minimum absolute atomic E-state index is 0.0893. The number of amides is 1. The second-order valence-electron chi connectivity index (χ2n) is 6.64. The maximum Gasteiger partial charge on any atom is 0.255 e. The number of nitrogens with zero attached hydrogens (tertiary/aromatic N) is 3. The Morgan fingerprint density at radius 1 is 1.25 bits per heavy atom. The lowest BCUT2D eigenvalue weighted by molar-refractivity contribution is -0.0219. The number of piperidine rings is 1. The van der Waals surface area contributed by atoms with E-state index in [0.29, 0.717) is 6.54 Å². The SMILES string of the molecule is CN1CCN([C@@H]2CCN(C(=O)c3ccc(F)cc3Cl)C[C@H]2O)CC1. The molecule has 2 heterocycles. The molecule has 7 heteroatoms. The maximum absolute atomic E-state index is 13.1. The first-order valence-electron chi connectivity index (χ1n) is 8.30. The van der Waals surface area contributed by atoms with Gasteiger partial charge in [0, 0.05) is 45.3 Å². The van der Waals surface area contributed by atoms with E-state index in [2.05, 4.69) is 16.8 Å². The van der Waals surface area contributed by atoms with Gasteiger partial charge in [-0.1, -0.05) is 11.6 Å². The van der Waals surface area contributed by atoms with E-state index in [0.717, 1.165) is 38.7 Å². The standard InChI is InChI=1S/C17H23ClFN3O2/c1-20-6-8-21(9-7-20)15-4-5-22(11-16(15)23)17(24)13-3-2-12(19)10-14(13)18/h2-3,10,15-16,23H,4-9,11H2,1H3/t15-,16-/m1/s1. The summed E-state index contributed by atoms with van der Waals surface area (Å²) in [6.07, 6.45) is 0.153. The van der Waals surface area contributed by atoms with Gasteiger partial charge in [0.2, 0.25) is 0 Å². The molecule has 1 N–H and O–H groups in total. The summed E-state index contributed by atoms with van der Waals surface area (Å²) >= 11 is 5.98. The van der Waals surface area contributed by atoms with Crippen molar-refractivity contribution in [1.82, 2.24) is 14.7 Å². The van der Waals surface area contributed by atoms with Crippen LogP contribution in [-0.2, 0) is 0 Å². The van der Waals surface area contributed by atoms with Gasteiger partial charge in [0.1, 0.15) is 5.82 Å². The van der Waals surface area contributed by atoms with E-state index in [1.54, 1.807) is 4.90 Å². The molecule has 0 radical (unpaired) electrons. The molecular formula is C17H23ClFN3O2. The van der Waals surface area contributed by atoms with Crippen molar-refractivity contribution in [3.05, 3.63) is 34.6 Å². The summed E-state index contributed by atoms with van der Waals surface area (Å²) in [5.74, 6) is -0.721. The number of rotatable bonds is 2. The Kier molecular flexibility index (Phi) is 5.39. The Balaban J connectivity index is 1.63. The van der Waals surface area contributed by atoms with E-state index in [9.17, 15) is 14.3 Å². The van der Waals surface area contributed by atoms with Crippen molar-refractivity contribution in [2.45, 2.75) is 18.6 Å². The van der Waals surface area contributed by atoms with Crippen LogP contribution in [0.5, 0.6) is 0 Å². The van der Waals surface area contributed by atoms with E-state index in [1.807, 2.05) is 0 Å². The molecular weight excluding hydrogens is 333 g/mol. The van der Waals surface area contributed by atoms with Gasteiger partial charge in [0.25, 0.3) is 5.91 Å². The summed E-state index contributed by atoms with van der Waals surface area (Å²) < 4.78 is 13.1. The largest absolute Gasteiger partial charge is 0.390 e. The summed E-state index contributed by atoms with van der Waals surface area (Å²) in [6.45, 7) is 4.73. The predicted octanol–water partition coefficient (Wildman–Crippen LogP) is 1.30. The van der Waals surface area contributed by atoms with Crippen molar-refractivity contribution in [3.8, 4) is 0 Å². The molecule has 2 saturated heterocycles. The van der Waals surface area contributed by atoms with Crippen LogP contribution in [0.3, 0.4) is 0 Å². The number of hydrogen-bond donors (Lipinski definition) is 1. The van der Waals surface area contributed by atoms with Gasteiger partial charge < -0.3 is 14.9 Å². The van der Waals surface area contributed by atoms with E-state index in [4.69, 9.17) is 11.6 Å². The van der Waals surface area contributed by atoms with Gasteiger partial charge in [0.05, 0.1) is 16.7 Å². The molecule has 1 amide bonds. The fourth-order valence-corrected chi connectivity index (χ4v) is 3.76. The number of piperazine rings is 1. The monoisotopic (exact) mass is 355 g/mol. The fourth-order valence-electron chi connectivity index (χ4n) is 3.52. The molecule has 1 aromatic rings. The third-order valence-electron chi connectivity index (χ3n) is 5.00. The van der Waals surface area contributed by atoms with Gasteiger partial charge in [-0.2, -0.15) is 0 Å². The van der Waals surface area contributed by atoms with Gasteiger partial charge in [0.15, 0.2) is 0 Å². The van der Waals surface area contributed by atoms with Gasteiger partial charge in [-0.15, -0.1) is 0 Å². The molecule has 2 aliphatic rings. The molecule has 0 aliphatic carbocycles. The van der Waals surface area contributed by atoms with Crippen LogP contribution in [0, 0.1) is 5.82 Å². The lowest BCUT2D eigenvalue weighted by atomic mass is 9.98. The van der Waals surface area contributed by atoms with Crippen molar-refractivity contribution in [1.29, 1.82) is 0 Å². The van der Waals surface area contributed by atoms with E-state index in [-0.39, 0.29) is 29.1 Å². The highest BCUT2D eigenvalue weighted by molar-refractivity contribution is 6.33. The van der Waals surface area contributed by atoms with Crippen LogP contribution in [-0.4, -0.2) is 84.2 Å². The normalized spacial score (nSPS) is 26.6. The number of halogens is 2. The lowest BCUT2D eigenvalue weighted by Gasteiger charge is -2.44. The third-order valence-corrected chi connectivity index (χ3v) is 5.31. The number of benzene rings is 1. The van der Waals surface area contributed by atoms with E-state index >= 15 is 0 Å². The van der Waals surface area contributed by atoms with Crippen LogP contribution < -0.4 is 0 Å². The predicted molar refractivity (Wildman–Crippen MR) is 90.8 cm³/mol. The van der Waals surface area contributed by atoms with Crippen LogP contribution in [0.25, 0.3) is 0 Å². The van der Waals surface area contributed by atoms with Crippen LogP contribution in [0.1, 0.15) is 16.8 Å². The van der Waals surface area contributed by atoms with Crippen LogP contribution in [0.2, 0.25) is 5.02 Å². The molecule has 0 bridgehead atoms. The molecule has 2 fully saturated rings. The minimum atomic E-state index is -0.578. The number of carbonyl (C=O) groups excluding carboxylic acids is 1. The highest BCUT2D eigenvalue weighted by atomic mass is 35.5. The smallest absolute Gasteiger partial charge is 0.255 e. The molecule has 0 unspecified atom stereocenters. The maximum atomic E-state index is 13.1. The Bertz CT molecular complexity index is 607. The molecule has 2 aliphatic heterocycles. The summed E-state index contributed by atoms with van der Waals surface area (Å²) in [7, 11) is 2.10. The zero-order valence-electron chi connectivity index (χ0n) is 13.8. The van der Waals surface area contributed by atoms with Crippen molar-refractivity contribution in [2.75, 3.05) is 46.3 Å². The Hall–Kier alpha value is -1.21. The van der Waals surface area contributed by atoms with Crippen LogP contribution in [0.15, 0.2) is 18.2 Å². The molecule has 5 nitrogen and oxygen atoms in total. The average Bonchev–Trinajstić information content (AvgIpc) is 2.55. The summed E-state index contributed by atoms with van der Waals surface area (Å²) in [5.41, 5.74) is 0.281. The summed E-state index contributed by atoms with van der Waals surface area (Å²) in [5, 5.41) is 10.6. The quantitative estimate of drug-likeness (QED) is 0.868. The highest BCUT2D eigenvalue weighted by Gasteiger charge is 2.35. The van der Waals surface area contributed by atoms with Gasteiger partial charge in [-0.25, -0.2) is 4.39 Å². The van der Waals surface area contributed by atoms with E-state index in [1.165, 1.54) is 12.1 Å². The number of β-amino-alcohol motifs (C(OH)–C–C–N with tert-alkyl or cyclic N) is 1. The number of likely N-dealkylation sites (N-methyl/N-ethyl adjacent to an activating group) is 1. The number of aliphatic hydroxyl groups is 1. The van der Waals surface area contributed by atoms with Gasteiger partial charge in [-0.3, -0.25) is 9.69 Å². The topological polar surface area (TPSA) is 47.0 Å². The Morgan fingerprint density at radius 3 is 2.58 bits per heavy atom. The summed E-state index contributed by atoms with van der Waals surface area (Å²) in [4.78, 5) is 18.8.